The molecule has 1 fully saturated rings. The summed E-state index contributed by atoms with van der Waals surface area (Å²) in [5.74, 6) is 1.32. The maximum absolute atomic E-state index is 13.1. The van der Waals surface area contributed by atoms with Crippen LogP contribution < -0.4 is 4.74 Å². The molecule has 0 aliphatic carbocycles. The van der Waals surface area contributed by atoms with Crippen molar-refractivity contribution < 1.29 is 9.53 Å². The molecule has 1 aromatic carbocycles. The smallest absolute Gasteiger partial charge is 0.256 e. The predicted molar refractivity (Wildman–Crippen MR) is 95.8 cm³/mol. The van der Waals surface area contributed by atoms with Crippen molar-refractivity contribution in [1.82, 2.24) is 20.1 Å². The van der Waals surface area contributed by atoms with Crippen molar-refractivity contribution in [2.24, 2.45) is 5.92 Å². The number of ether oxygens (including phenoxy) is 1. The molecule has 1 atom stereocenters. The summed E-state index contributed by atoms with van der Waals surface area (Å²) in [5, 5.41) is 7.95. The second-order valence-electron chi connectivity index (χ2n) is 6.66. The molecule has 25 heavy (non-hydrogen) atoms. The SMILES string of the molecule is COc1ccc2[nH]cc(C(=O)N3CCC[C@@H](Cc4ccn[nH]4)C3)c2c1. The lowest BCUT2D eigenvalue weighted by Gasteiger charge is -2.32. The van der Waals surface area contributed by atoms with Gasteiger partial charge in [0.1, 0.15) is 5.75 Å². The van der Waals surface area contributed by atoms with E-state index < -0.39 is 0 Å². The topological polar surface area (TPSA) is 74.0 Å². The lowest BCUT2D eigenvalue weighted by Crippen LogP contribution is -2.40. The van der Waals surface area contributed by atoms with Crippen molar-refractivity contribution in [1.29, 1.82) is 0 Å². The Morgan fingerprint density at radius 1 is 1.40 bits per heavy atom. The van der Waals surface area contributed by atoms with Crippen LogP contribution in [0.1, 0.15) is 28.9 Å². The molecule has 0 unspecified atom stereocenters. The molecule has 0 radical (unpaired) electrons. The van der Waals surface area contributed by atoms with Gasteiger partial charge in [-0.05, 0) is 49.4 Å². The van der Waals surface area contributed by atoms with Crippen LogP contribution in [0.25, 0.3) is 10.9 Å². The molecule has 6 heteroatoms. The van der Waals surface area contributed by atoms with Gasteiger partial charge in [-0.15, -0.1) is 0 Å². The van der Waals surface area contributed by atoms with Gasteiger partial charge in [0.15, 0.2) is 0 Å². The quantitative estimate of drug-likeness (QED) is 0.768. The minimum Gasteiger partial charge on any atom is -0.497 e. The Hall–Kier alpha value is -2.76. The molecule has 1 amide bonds. The number of carbonyl (C=O) groups excluding carboxylic acids is 1. The van der Waals surface area contributed by atoms with Crippen molar-refractivity contribution in [3.63, 3.8) is 0 Å². The van der Waals surface area contributed by atoms with Gasteiger partial charge in [-0.2, -0.15) is 5.10 Å². The molecule has 4 rings (SSSR count). The summed E-state index contributed by atoms with van der Waals surface area (Å²) >= 11 is 0. The highest BCUT2D eigenvalue weighted by Crippen LogP contribution is 2.27. The summed E-state index contributed by atoms with van der Waals surface area (Å²) < 4.78 is 5.30. The molecule has 6 nitrogen and oxygen atoms in total. The normalized spacial score (nSPS) is 17.8. The third kappa shape index (κ3) is 3.12. The summed E-state index contributed by atoms with van der Waals surface area (Å²) in [6, 6.07) is 7.77. The van der Waals surface area contributed by atoms with Crippen LogP contribution in [-0.4, -0.2) is 46.2 Å². The van der Waals surface area contributed by atoms with E-state index in [-0.39, 0.29) is 5.91 Å². The highest BCUT2D eigenvalue weighted by atomic mass is 16.5. The van der Waals surface area contributed by atoms with Gasteiger partial charge < -0.3 is 14.6 Å². The second-order valence-corrected chi connectivity index (χ2v) is 6.66. The number of amides is 1. The first-order valence-corrected chi connectivity index (χ1v) is 8.67. The number of nitrogens with one attached hydrogen (secondary N) is 2. The summed E-state index contributed by atoms with van der Waals surface area (Å²) in [7, 11) is 1.64. The third-order valence-electron chi connectivity index (χ3n) is 4.99. The largest absolute Gasteiger partial charge is 0.497 e. The predicted octanol–water partition coefficient (Wildman–Crippen LogP) is 2.99. The molecule has 0 bridgehead atoms. The summed E-state index contributed by atoms with van der Waals surface area (Å²) in [5.41, 5.74) is 2.81. The fraction of sp³-hybridized carbons (Fsp3) is 0.368. The van der Waals surface area contributed by atoms with Gasteiger partial charge in [0.25, 0.3) is 5.91 Å². The average molecular weight is 338 g/mol. The zero-order chi connectivity index (χ0) is 17.2. The number of nitrogens with zero attached hydrogens (tertiary/aromatic N) is 2. The van der Waals surface area contributed by atoms with E-state index in [0.29, 0.717) is 5.92 Å². The first-order chi connectivity index (χ1) is 12.2. The Bertz CT molecular complexity index is 869. The highest BCUT2D eigenvalue weighted by Gasteiger charge is 2.26. The van der Waals surface area contributed by atoms with Crippen molar-refractivity contribution in [3.05, 3.63) is 47.9 Å². The molecular weight excluding hydrogens is 316 g/mol. The monoisotopic (exact) mass is 338 g/mol. The number of benzene rings is 1. The Morgan fingerprint density at radius 2 is 2.32 bits per heavy atom. The van der Waals surface area contributed by atoms with Crippen molar-refractivity contribution in [2.45, 2.75) is 19.3 Å². The Kier molecular flexibility index (Phi) is 4.17. The van der Waals surface area contributed by atoms with Crippen molar-refractivity contribution >= 4 is 16.8 Å². The summed E-state index contributed by atoms with van der Waals surface area (Å²) in [6.45, 7) is 1.60. The van der Waals surface area contributed by atoms with E-state index in [1.54, 1.807) is 13.3 Å². The number of aromatic nitrogens is 3. The van der Waals surface area contributed by atoms with Crippen molar-refractivity contribution in [2.75, 3.05) is 20.2 Å². The van der Waals surface area contributed by atoms with E-state index in [9.17, 15) is 4.79 Å². The van der Waals surface area contributed by atoms with Crippen LogP contribution in [0.3, 0.4) is 0 Å². The lowest BCUT2D eigenvalue weighted by atomic mass is 9.93. The molecule has 0 spiro atoms. The minimum atomic E-state index is 0.0915. The number of methoxy groups -OCH3 is 1. The van der Waals surface area contributed by atoms with Crippen LogP contribution in [0, 0.1) is 5.92 Å². The van der Waals surface area contributed by atoms with E-state index in [4.69, 9.17) is 4.74 Å². The molecule has 3 heterocycles. The lowest BCUT2D eigenvalue weighted by molar-refractivity contribution is 0.0675. The third-order valence-corrected chi connectivity index (χ3v) is 4.99. The molecule has 2 N–H and O–H groups in total. The van der Waals surface area contributed by atoms with Gasteiger partial charge in [0, 0.05) is 42.1 Å². The van der Waals surface area contributed by atoms with Crippen LogP contribution >= 0.6 is 0 Å². The second kappa shape index (κ2) is 6.63. The maximum atomic E-state index is 13.1. The highest BCUT2D eigenvalue weighted by molar-refractivity contribution is 6.07. The first kappa shape index (κ1) is 15.7. The van der Waals surface area contributed by atoms with Gasteiger partial charge in [-0.3, -0.25) is 9.89 Å². The molecule has 2 aromatic heterocycles. The molecule has 0 saturated carbocycles. The number of hydrogen-bond acceptors (Lipinski definition) is 3. The van der Waals surface area contributed by atoms with Gasteiger partial charge >= 0.3 is 0 Å². The van der Waals surface area contributed by atoms with E-state index in [1.807, 2.05) is 35.4 Å². The number of hydrogen-bond donors (Lipinski definition) is 2. The fourth-order valence-corrected chi connectivity index (χ4v) is 3.70. The van der Waals surface area contributed by atoms with Gasteiger partial charge in [0.2, 0.25) is 0 Å². The number of rotatable bonds is 4. The van der Waals surface area contributed by atoms with E-state index in [1.165, 1.54) is 0 Å². The van der Waals surface area contributed by atoms with Gasteiger partial charge in [0.05, 0.1) is 12.7 Å². The Morgan fingerprint density at radius 3 is 3.12 bits per heavy atom. The first-order valence-electron chi connectivity index (χ1n) is 8.67. The van der Waals surface area contributed by atoms with E-state index >= 15 is 0 Å². The molecule has 1 aliphatic rings. The number of likely N-dealkylation sites (tertiary alicyclic amines) is 1. The average Bonchev–Trinajstić information content (AvgIpc) is 3.30. The molecular formula is C19H22N4O2. The zero-order valence-corrected chi connectivity index (χ0v) is 14.3. The minimum absolute atomic E-state index is 0.0915. The summed E-state index contributed by atoms with van der Waals surface area (Å²) in [6.07, 6.45) is 6.71. The maximum Gasteiger partial charge on any atom is 0.256 e. The number of aromatic amines is 2. The van der Waals surface area contributed by atoms with E-state index in [0.717, 1.165) is 60.3 Å². The fourth-order valence-electron chi connectivity index (χ4n) is 3.70. The van der Waals surface area contributed by atoms with Crippen LogP contribution in [0.2, 0.25) is 0 Å². The molecule has 130 valence electrons. The molecule has 3 aromatic rings. The summed E-state index contributed by atoms with van der Waals surface area (Å²) in [4.78, 5) is 18.2. The molecule has 1 aliphatic heterocycles. The van der Waals surface area contributed by atoms with Crippen LogP contribution in [0.4, 0.5) is 0 Å². The van der Waals surface area contributed by atoms with Crippen LogP contribution in [0.15, 0.2) is 36.7 Å². The zero-order valence-electron chi connectivity index (χ0n) is 14.3. The van der Waals surface area contributed by atoms with Crippen LogP contribution in [0.5, 0.6) is 5.75 Å². The number of piperidine rings is 1. The number of fused-ring (bicyclic) bond motifs is 1. The Labute approximate surface area is 146 Å². The van der Waals surface area contributed by atoms with Gasteiger partial charge in [-0.1, -0.05) is 0 Å². The molecule has 1 saturated heterocycles. The van der Waals surface area contributed by atoms with Gasteiger partial charge in [-0.25, -0.2) is 0 Å². The van der Waals surface area contributed by atoms with Crippen LogP contribution in [-0.2, 0) is 6.42 Å². The number of H-pyrrole nitrogens is 2. The van der Waals surface area contributed by atoms with Crippen molar-refractivity contribution in [3.8, 4) is 5.75 Å². The number of carbonyl (C=O) groups is 1. The standard InChI is InChI=1S/C19H22N4O2/c1-25-15-4-5-18-16(10-15)17(11-20-18)19(24)23-8-2-3-13(12-23)9-14-6-7-21-22-14/h4-7,10-11,13,20H,2-3,8-9,12H2,1H3,(H,21,22)/t13-/m0/s1. The Balaban J connectivity index is 1.54. The van der Waals surface area contributed by atoms with E-state index in [2.05, 4.69) is 15.2 Å².